The number of carbonyl (C=O) groups is 1. The lowest BCUT2D eigenvalue weighted by Crippen LogP contribution is -2.39. The summed E-state index contributed by atoms with van der Waals surface area (Å²) in [4.78, 5) is 18.8. The number of imidazole rings is 1. The van der Waals surface area contributed by atoms with Crippen molar-refractivity contribution in [3.63, 3.8) is 0 Å². The van der Waals surface area contributed by atoms with Gasteiger partial charge >= 0.3 is 0 Å². The molecule has 2 aliphatic carbocycles. The molecule has 2 fully saturated rings. The lowest BCUT2D eigenvalue weighted by atomic mass is 9.76. The zero-order valence-electron chi connectivity index (χ0n) is 24.1. The molecule has 0 amide bonds. The van der Waals surface area contributed by atoms with Crippen LogP contribution in [-0.4, -0.2) is 15.3 Å². The van der Waals surface area contributed by atoms with Gasteiger partial charge in [0.1, 0.15) is 11.2 Å². The molecule has 41 heavy (non-hydrogen) atoms. The summed E-state index contributed by atoms with van der Waals surface area (Å²) in [5.74, 6) is 1.99. The molecular weight excluding hydrogens is 500 g/mol. The fourth-order valence-corrected chi connectivity index (χ4v) is 7.04. The fraction of sp³-hybridized carbons (Fsp3) is 0.368. The molecule has 0 unspecified atom stereocenters. The van der Waals surface area contributed by atoms with E-state index in [1.165, 1.54) is 51.4 Å². The Hall–Kier alpha value is -3.72. The molecule has 2 saturated carbocycles. The van der Waals surface area contributed by atoms with Crippen LogP contribution in [0.1, 0.15) is 91.4 Å². The van der Waals surface area contributed by atoms with Crippen molar-refractivity contribution >= 4 is 5.78 Å². The Morgan fingerprint density at radius 2 is 1.37 bits per heavy atom. The third kappa shape index (κ3) is 6.00. The van der Waals surface area contributed by atoms with Crippen molar-refractivity contribution in [1.82, 2.24) is 9.55 Å². The standard InChI is InChI=1S/C38H42N2O/c41-37(27-32(31-25-26-31)18-14-13-17-30-15-5-1-6-16-30)36-28-39-29-40(36)38(33-19-7-2-8-20-33,34-21-9-3-10-22-34)35-23-11-4-12-24-35/h2-4,7-12,14,18-24,28-32H,1,5-6,13,15-17,25-27H2/t32-/m0/s1. The maximum Gasteiger partial charge on any atom is 0.181 e. The van der Waals surface area contributed by atoms with Crippen molar-refractivity contribution in [2.75, 3.05) is 0 Å². The summed E-state index contributed by atoms with van der Waals surface area (Å²) in [5, 5.41) is 0. The summed E-state index contributed by atoms with van der Waals surface area (Å²) in [7, 11) is 0. The first-order chi connectivity index (χ1) is 20.3. The summed E-state index contributed by atoms with van der Waals surface area (Å²) in [6, 6.07) is 31.6. The van der Waals surface area contributed by atoms with E-state index in [4.69, 9.17) is 0 Å². The molecule has 3 heteroatoms. The SMILES string of the molecule is O=C(C[C@H](C=CCCC1CCCCC1)C1CC1)c1cncn1C(c1ccccc1)(c1ccccc1)c1ccccc1. The number of ketones is 1. The van der Waals surface area contributed by atoms with Gasteiger partial charge in [0.05, 0.1) is 12.5 Å². The predicted molar refractivity (Wildman–Crippen MR) is 167 cm³/mol. The first-order valence-electron chi connectivity index (χ1n) is 15.7. The third-order valence-corrected chi connectivity index (χ3v) is 9.36. The Balaban J connectivity index is 1.33. The van der Waals surface area contributed by atoms with E-state index >= 15 is 0 Å². The summed E-state index contributed by atoms with van der Waals surface area (Å²) < 4.78 is 2.13. The van der Waals surface area contributed by atoms with Gasteiger partial charge in [0.15, 0.2) is 5.78 Å². The van der Waals surface area contributed by atoms with Crippen LogP contribution in [0, 0.1) is 17.8 Å². The first-order valence-corrected chi connectivity index (χ1v) is 15.7. The summed E-state index contributed by atoms with van der Waals surface area (Å²) in [5.41, 5.74) is 3.25. The maximum atomic E-state index is 14.2. The minimum absolute atomic E-state index is 0.170. The second-order valence-electron chi connectivity index (χ2n) is 12.1. The monoisotopic (exact) mass is 542 g/mol. The Labute approximate surface area is 245 Å². The Bertz CT molecular complexity index is 1320. The van der Waals surface area contributed by atoms with E-state index in [2.05, 4.69) is 94.5 Å². The van der Waals surface area contributed by atoms with Gasteiger partial charge in [-0.15, -0.1) is 0 Å². The molecule has 1 atom stereocenters. The smallest absolute Gasteiger partial charge is 0.181 e. The minimum Gasteiger partial charge on any atom is -0.309 e. The van der Waals surface area contributed by atoms with Crippen LogP contribution in [-0.2, 0) is 5.54 Å². The highest BCUT2D eigenvalue weighted by atomic mass is 16.1. The highest BCUT2D eigenvalue weighted by Crippen LogP contribution is 2.43. The molecule has 0 aliphatic heterocycles. The van der Waals surface area contributed by atoms with E-state index in [9.17, 15) is 4.79 Å². The first kappa shape index (κ1) is 27.4. The average Bonchev–Trinajstić information content (AvgIpc) is 3.77. The number of allylic oxidation sites excluding steroid dienone is 2. The van der Waals surface area contributed by atoms with E-state index in [1.54, 1.807) is 6.20 Å². The van der Waals surface area contributed by atoms with E-state index in [-0.39, 0.29) is 5.78 Å². The van der Waals surface area contributed by atoms with Crippen LogP contribution in [0.5, 0.6) is 0 Å². The molecule has 0 bridgehead atoms. The number of benzene rings is 3. The van der Waals surface area contributed by atoms with Crippen molar-refractivity contribution in [1.29, 1.82) is 0 Å². The average molecular weight is 543 g/mol. The summed E-state index contributed by atoms with van der Waals surface area (Å²) >= 11 is 0. The van der Waals surface area contributed by atoms with Gasteiger partial charge < -0.3 is 4.57 Å². The van der Waals surface area contributed by atoms with Crippen LogP contribution in [0.3, 0.4) is 0 Å². The molecule has 6 rings (SSSR count). The Kier molecular flexibility index (Phi) is 8.60. The van der Waals surface area contributed by atoms with Gasteiger partial charge in [-0.1, -0.05) is 135 Å². The van der Waals surface area contributed by atoms with Crippen LogP contribution in [0.4, 0.5) is 0 Å². The molecule has 4 aromatic rings. The van der Waals surface area contributed by atoms with Crippen LogP contribution < -0.4 is 0 Å². The van der Waals surface area contributed by atoms with E-state index < -0.39 is 5.54 Å². The van der Waals surface area contributed by atoms with Gasteiger partial charge in [-0.05, 0) is 60.1 Å². The molecule has 0 radical (unpaired) electrons. The number of hydrogen-bond acceptors (Lipinski definition) is 2. The lowest BCUT2D eigenvalue weighted by Gasteiger charge is -2.38. The zero-order valence-corrected chi connectivity index (χ0v) is 24.1. The van der Waals surface area contributed by atoms with E-state index in [1.807, 2.05) is 24.5 Å². The third-order valence-electron chi connectivity index (χ3n) is 9.36. The number of Topliss-reactive ketones (excluding diaryl/α,β-unsaturated/α-hetero) is 1. The van der Waals surface area contributed by atoms with Gasteiger partial charge in [-0.25, -0.2) is 4.98 Å². The molecule has 1 heterocycles. The van der Waals surface area contributed by atoms with E-state index in [0.717, 1.165) is 29.0 Å². The molecule has 3 nitrogen and oxygen atoms in total. The highest BCUT2D eigenvalue weighted by molar-refractivity contribution is 5.95. The lowest BCUT2D eigenvalue weighted by molar-refractivity contribution is 0.0953. The van der Waals surface area contributed by atoms with Crippen molar-refractivity contribution in [2.45, 2.75) is 69.7 Å². The van der Waals surface area contributed by atoms with Crippen LogP contribution in [0.25, 0.3) is 0 Å². The van der Waals surface area contributed by atoms with Crippen molar-refractivity contribution in [3.05, 3.63) is 138 Å². The zero-order chi connectivity index (χ0) is 27.9. The van der Waals surface area contributed by atoms with Gasteiger partial charge in [0.25, 0.3) is 0 Å². The van der Waals surface area contributed by atoms with Gasteiger partial charge in [0, 0.05) is 6.42 Å². The fourth-order valence-electron chi connectivity index (χ4n) is 7.04. The topological polar surface area (TPSA) is 34.9 Å². The quantitative estimate of drug-likeness (QED) is 0.102. The van der Waals surface area contributed by atoms with Crippen molar-refractivity contribution in [3.8, 4) is 0 Å². The number of carbonyl (C=O) groups excluding carboxylic acids is 1. The van der Waals surface area contributed by atoms with Crippen LogP contribution in [0.2, 0.25) is 0 Å². The van der Waals surface area contributed by atoms with Crippen LogP contribution >= 0.6 is 0 Å². The molecule has 0 saturated heterocycles. The second kappa shape index (κ2) is 12.9. The number of nitrogens with zero attached hydrogens (tertiary/aromatic N) is 2. The summed E-state index contributed by atoms with van der Waals surface area (Å²) in [6.45, 7) is 0. The number of rotatable bonds is 12. The normalized spacial score (nSPS) is 17.1. The molecular formula is C38H42N2O. The Morgan fingerprint density at radius 3 is 1.90 bits per heavy atom. The molecule has 3 aromatic carbocycles. The minimum atomic E-state index is -0.726. The molecule has 1 aromatic heterocycles. The number of hydrogen-bond donors (Lipinski definition) is 0. The second-order valence-corrected chi connectivity index (χ2v) is 12.1. The molecule has 210 valence electrons. The predicted octanol–water partition coefficient (Wildman–Crippen LogP) is 9.24. The highest BCUT2D eigenvalue weighted by Gasteiger charge is 2.41. The van der Waals surface area contributed by atoms with Gasteiger partial charge in [-0.2, -0.15) is 0 Å². The Morgan fingerprint density at radius 1 is 0.805 bits per heavy atom. The van der Waals surface area contributed by atoms with Crippen molar-refractivity contribution < 1.29 is 4.79 Å². The summed E-state index contributed by atoms with van der Waals surface area (Å²) in [6.07, 6.45) is 20.8. The van der Waals surface area contributed by atoms with Gasteiger partial charge in [-0.3, -0.25) is 4.79 Å². The van der Waals surface area contributed by atoms with E-state index in [0.29, 0.717) is 24.0 Å². The molecule has 2 aliphatic rings. The number of aromatic nitrogens is 2. The van der Waals surface area contributed by atoms with Gasteiger partial charge in [0.2, 0.25) is 0 Å². The van der Waals surface area contributed by atoms with Crippen LogP contribution in [0.15, 0.2) is 116 Å². The molecule has 0 spiro atoms. The molecule has 0 N–H and O–H groups in total. The maximum absolute atomic E-state index is 14.2. The largest absolute Gasteiger partial charge is 0.309 e. The van der Waals surface area contributed by atoms with Crippen molar-refractivity contribution in [2.24, 2.45) is 17.8 Å².